The van der Waals surface area contributed by atoms with E-state index in [9.17, 15) is 0 Å². The van der Waals surface area contributed by atoms with Gasteiger partial charge in [-0.2, -0.15) is 4.37 Å². The van der Waals surface area contributed by atoms with Gasteiger partial charge in [0.25, 0.3) is 0 Å². The first-order valence-electron chi connectivity index (χ1n) is 5.41. The third kappa shape index (κ3) is 2.89. The highest BCUT2D eigenvalue weighted by Crippen LogP contribution is 2.19. The Morgan fingerprint density at radius 1 is 1.60 bits per heavy atom. The number of hydrogen-bond donors (Lipinski definition) is 1. The summed E-state index contributed by atoms with van der Waals surface area (Å²) in [5, 5.41) is 4.26. The number of anilines is 1. The van der Waals surface area contributed by atoms with Crippen LogP contribution in [0.1, 0.15) is 32.0 Å². The molecule has 0 amide bonds. The van der Waals surface area contributed by atoms with Crippen molar-refractivity contribution in [3.05, 3.63) is 5.82 Å². The van der Waals surface area contributed by atoms with Crippen molar-refractivity contribution in [1.82, 2.24) is 9.36 Å². The fraction of sp³-hybridized carbons (Fsp3) is 0.800. The van der Waals surface area contributed by atoms with Crippen molar-refractivity contribution in [3.8, 4) is 0 Å². The lowest BCUT2D eigenvalue weighted by Crippen LogP contribution is -2.13. The number of hydrogen-bond acceptors (Lipinski definition) is 5. The Kier molecular flexibility index (Phi) is 3.53. The maximum atomic E-state index is 5.32. The Balaban J connectivity index is 1.82. The monoisotopic (exact) mass is 227 g/mol. The molecule has 15 heavy (non-hydrogen) atoms. The number of ether oxygens (including phenoxy) is 1. The zero-order chi connectivity index (χ0) is 10.7. The Hall–Kier alpha value is -0.680. The fourth-order valence-corrected chi connectivity index (χ4v) is 2.23. The summed E-state index contributed by atoms with van der Waals surface area (Å²) in [6.45, 7) is 6.95. The van der Waals surface area contributed by atoms with E-state index in [0.717, 1.165) is 37.1 Å². The molecule has 1 aliphatic rings. The van der Waals surface area contributed by atoms with Gasteiger partial charge in [-0.25, -0.2) is 4.98 Å². The summed E-state index contributed by atoms with van der Waals surface area (Å²) in [5.41, 5.74) is 0. The first-order valence-corrected chi connectivity index (χ1v) is 6.18. The van der Waals surface area contributed by atoms with Crippen LogP contribution in [0, 0.1) is 5.92 Å². The molecule has 2 heterocycles. The van der Waals surface area contributed by atoms with E-state index >= 15 is 0 Å². The minimum Gasteiger partial charge on any atom is -0.381 e. The SMILES string of the molecule is CC(C)c1nsc(NCC2CCOC2)n1. The minimum atomic E-state index is 0.409. The predicted octanol–water partition coefficient (Wildman–Crippen LogP) is 2.11. The zero-order valence-corrected chi connectivity index (χ0v) is 10.0. The maximum Gasteiger partial charge on any atom is 0.202 e. The zero-order valence-electron chi connectivity index (χ0n) is 9.19. The normalized spacial score (nSPS) is 21.1. The van der Waals surface area contributed by atoms with Crippen LogP contribution in [0.25, 0.3) is 0 Å². The number of aromatic nitrogens is 2. The van der Waals surface area contributed by atoms with E-state index in [1.165, 1.54) is 11.5 Å². The molecule has 4 nitrogen and oxygen atoms in total. The molecule has 0 spiro atoms. The van der Waals surface area contributed by atoms with E-state index in [2.05, 4.69) is 28.5 Å². The molecule has 1 atom stereocenters. The lowest BCUT2D eigenvalue weighted by Gasteiger charge is -2.06. The average Bonchev–Trinajstić information content (AvgIpc) is 2.86. The van der Waals surface area contributed by atoms with E-state index in [1.54, 1.807) is 0 Å². The molecule has 0 aliphatic carbocycles. The average molecular weight is 227 g/mol. The Labute approximate surface area is 94.2 Å². The topological polar surface area (TPSA) is 47.0 Å². The van der Waals surface area contributed by atoms with Crippen molar-refractivity contribution >= 4 is 16.7 Å². The van der Waals surface area contributed by atoms with Gasteiger partial charge in [0.15, 0.2) is 0 Å². The Bertz CT molecular complexity index is 307. The van der Waals surface area contributed by atoms with Crippen LogP contribution in [-0.2, 0) is 4.74 Å². The third-order valence-corrected chi connectivity index (χ3v) is 3.21. The molecule has 0 aromatic carbocycles. The summed E-state index contributed by atoms with van der Waals surface area (Å²) >= 11 is 1.45. The number of rotatable bonds is 4. The van der Waals surface area contributed by atoms with Crippen molar-refractivity contribution < 1.29 is 4.74 Å². The first-order chi connectivity index (χ1) is 7.25. The molecular weight excluding hydrogens is 210 g/mol. The van der Waals surface area contributed by atoms with Gasteiger partial charge in [-0.1, -0.05) is 13.8 Å². The minimum absolute atomic E-state index is 0.409. The van der Waals surface area contributed by atoms with Crippen LogP contribution in [0.5, 0.6) is 0 Å². The third-order valence-electron chi connectivity index (χ3n) is 2.52. The van der Waals surface area contributed by atoms with Crippen LogP contribution >= 0.6 is 11.5 Å². The molecule has 1 unspecified atom stereocenters. The Morgan fingerprint density at radius 2 is 2.47 bits per heavy atom. The van der Waals surface area contributed by atoms with Crippen LogP contribution in [0.15, 0.2) is 0 Å². The van der Waals surface area contributed by atoms with Gasteiger partial charge in [0.05, 0.1) is 6.61 Å². The van der Waals surface area contributed by atoms with Crippen LogP contribution in [0.2, 0.25) is 0 Å². The second-order valence-corrected chi connectivity index (χ2v) is 4.97. The second-order valence-electron chi connectivity index (χ2n) is 4.22. The molecule has 0 bridgehead atoms. The van der Waals surface area contributed by atoms with Crippen molar-refractivity contribution in [2.75, 3.05) is 25.1 Å². The van der Waals surface area contributed by atoms with Crippen LogP contribution in [0.4, 0.5) is 5.13 Å². The summed E-state index contributed by atoms with van der Waals surface area (Å²) in [6, 6.07) is 0. The van der Waals surface area contributed by atoms with E-state index in [0.29, 0.717) is 11.8 Å². The molecule has 1 N–H and O–H groups in total. The van der Waals surface area contributed by atoms with Gasteiger partial charge in [0.2, 0.25) is 5.13 Å². The standard InChI is InChI=1S/C10H17N3OS/c1-7(2)9-12-10(15-13-9)11-5-8-3-4-14-6-8/h7-8H,3-6H2,1-2H3,(H,11,12,13). The summed E-state index contributed by atoms with van der Waals surface area (Å²) < 4.78 is 9.61. The molecule has 1 aliphatic heterocycles. The molecule has 1 aromatic heterocycles. The van der Waals surface area contributed by atoms with Gasteiger partial charge in [0, 0.05) is 36.5 Å². The highest BCUT2D eigenvalue weighted by Gasteiger charge is 2.16. The van der Waals surface area contributed by atoms with Gasteiger partial charge in [-0.15, -0.1) is 0 Å². The van der Waals surface area contributed by atoms with E-state index in [-0.39, 0.29) is 0 Å². The molecule has 84 valence electrons. The summed E-state index contributed by atoms with van der Waals surface area (Å²) in [5.74, 6) is 1.98. The van der Waals surface area contributed by atoms with Crippen molar-refractivity contribution in [2.45, 2.75) is 26.2 Å². The molecule has 1 fully saturated rings. The Morgan fingerprint density at radius 3 is 3.07 bits per heavy atom. The van der Waals surface area contributed by atoms with Gasteiger partial charge < -0.3 is 10.1 Å². The lowest BCUT2D eigenvalue weighted by molar-refractivity contribution is 0.187. The van der Waals surface area contributed by atoms with E-state index in [4.69, 9.17) is 4.74 Å². The number of nitrogens with one attached hydrogen (secondary N) is 1. The van der Waals surface area contributed by atoms with Crippen LogP contribution in [-0.4, -0.2) is 29.1 Å². The number of nitrogens with zero attached hydrogens (tertiary/aromatic N) is 2. The molecule has 2 rings (SSSR count). The van der Waals surface area contributed by atoms with Gasteiger partial charge in [0.1, 0.15) is 5.82 Å². The lowest BCUT2D eigenvalue weighted by atomic mass is 10.1. The highest BCUT2D eigenvalue weighted by atomic mass is 32.1. The second kappa shape index (κ2) is 4.90. The molecule has 0 saturated carbocycles. The summed E-state index contributed by atoms with van der Waals surface area (Å²) in [4.78, 5) is 4.43. The van der Waals surface area contributed by atoms with Crippen LogP contribution in [0.3, 0.4) is 0 Å². The smallest absolute Gasteiger partial charge is 0.202 e. The quantitative estimate of drug-likeness (QED) is 0.855. The van der Waals surface area contributed by atoms with Gasteiger partial charge in [-0.3, -0.25) is 0 Å². The summed E-state index contributed by atoms with van der Waals surface area (Å²) in [6.07, 6.45) is 1.16. The highest BCUT2D eigenvalue weighted by molar-refractivity contribution is 7.09. The molecule has 0 radical (unpaired) electrons. The van der Waals surface area contributed by atoms with Crippen molar-refractivity contribution in [1.29, 1.82) is 0 Å². The van der Waals surface area contributed by atoms with Crippen molar-refractivity contribution in [2.24, 2.45) is 5.92 Å². The summed E-state index contributed by atoms with van der Waals surface area (Å²) in [7, 11) is 0. The van der Waals surface area contributed by atoms with Gasteiger partial charge >= 0.3 is 0 Å². The molecule has 1 aromatic rings. The van der Waals surface area contributed by atoms with Crippen LogP contribution < -0.4 is 5.32 Å². The van der Waals surface area contributed by atoms with E-state index < -0.39 is 0 Å². The molecule has 1 saturated heterocycles. The molecule has 5 heteroatoms. The fourth-order valence-electron chi connectivity index (χ4n) is 1.52. The predicted molar refractivity (Wildman–Crippen MR) is 61.4 cm³/mol. The first kappa shape index (κ1) is 10.8. The van der Waals surface area contributed by atoms with Crippen molar-refractivity contribution in [3.63, 3.8) is 0 Å². The maximum absolute atomic E-state index is 5.32. The van der Waals surface area contributed by atoms with E-state index in [1.807, 2.05) is 0 Å². The molecular formula is C10H17N3OS. The largest absolute Gasteiger partial charge is 0.381 e. The van der Waals surface area contributed by atoms with Gasteiger partial charge in [-0.05, 0) is 6.42 Å².